The van der Waals surface area contributed by atoms with E-state index in [0.29, 0.717) is 12.1 Å². The maximum atomic E-state index is 11.8. The molecule has 0 aliphatic heterocycles. The first-order valence-corrected chi connectivity index (χ1v) is 5.81. The van der Waals surface area contributed by atoms with Crippen LogP contribution in [0.15, 0.2) is 24.3 Å². The van der Waals surface area contributed by atoms with E-state index in [1.165, 1.54) is 0 Å². The quantitative estimate of drug-likeness (QED) is 0.835. The Kier molecular flexibility index (Phi) is 4.10. The van der Waals surface area contributed by atoms with E-state index in [9.17, 15) is 4.79 Å². The van der Waals surface area contributed by atoms with E-state index >= 15 is 0 Å². The Bertz CT molecular complexity index is 346. The van der Waals surface area contributed by atoms with Gasteiger partial charge in [-0.3, -0.25) is 4.79 Å². The lowest BCUT2D eigenvalue weighted by atomic mass is 10.1. The molecule has 0 spiro atoms. The van der Waals surface area contributed by atoms with Crippen LogP contribution in [-0.2, 0) is 0 Å². The normalized spacial score (nSPS) is 11.2. The molecule has 4 heteroatoms. The van der Waals surface area contributed by atoms with Crippen molar-refractivity contribution < 1.29 is 4.79 Å². The van der Waals surface area contributed by atoms with E-state index in [2.05, 4.69) is 27.9 Å². The van der Waals surface area contributed by atoms with Gasteiger partial charge in [-0.25, -0.2) is 0 Å². The van der Waals surface area contributed by atoms with Crippen molar-refractivity contribution in [3.8, 4) is 0 Å². The molecule has 0 heterocycles. The minimum atomic E-state index is -0.361. The molecule has 1 amide bonds. The highest BCUT2D eigenvalue weighted by Gasteiger charge is 2.18. The van der Waals surface area contributed by atoms with E-state index in [-0.39, 0.29) is 11.4 Å². The van der Waals surface area contributed by atoms with Crippen LogP contribution in [0.1, 0.15) is 24.2 Å². The smallest absolute Gasteiger partial charge is 0.251 e. The largest absolute Gasteiger partial charge is 0.346 e. The van der Waals surface area contributed by atoms with Gasteiger partial charge in [0.25, 0.3) is 5.91 Å². The highest BCUT2D eigenvalue weighted by atomic mass is 127. The number of amides is 1. The first-order valence-electron chi connectivity index (χ1n) is 4.73. The molecule has 3 nitrogen and oxygen atoms in total. The lowest BCUT2D eigenvalue weighted by Gasteiger charge is -2.24. The van der Waals surface area contributed by atoms with Gasteiger partial charge in [-0.1, -0.05) is 0 Å². The minimum absolute atomic E-state index is 0.0816. The molecule has 1 aromatic rings. The third-order valence-electron chi connectivity index (χ3n) is 2.07. The van der Waals surface area contributed by atoms with Gasteiger partial charge in [0.15, 0.2) is 0 Å². The summed E-state index contributed by atoms with van der Waals surface area (Å²) in [7, 11) is 0. The summed E-state index contributed by atoms with van der Waals surface area (Å²) in [5.41, 5.74) is 5.84. The van der Waals surface area contributed by atoms with E-state index in [0.717, 1.165) is 3.57 Å². The van der Waals surface area contributed by atoms with Gasteiger partial charge in [0.05, 0.1) is 0 Å². The fraction of sp³-hybridized carbons (Fsp3) is 0.364. The van der Waals surface area contributed by atoms with E-state index in [1.807, 2.05) is 38.1 Å². The SMILES string of the molecule is CC(C)(CN)NC(=O)c1ccc(I)cc1. The maximum Gasteiger partial charge on any atom is 0.251 e. The molecule has 82 valence electrons. The molecule has 0 radical (unpaired) electrons. The van der Waals surface area contributed by atoms with Crippen molar-refractivity contribution in [2.24, 2.45) is 5.73 Å². The summed E-state index contributed by atoms with van der Waals surface area (Å²) in [4.78, 5) is 11.8. The Labute approximate surface area is 104 Å². The summed E-state index contributed by atoms with van der Waals surface area (Å²) in [6, 6.07) is 7.43. The van der Waals surface area contributed by atoms with Crippen LogP contribution in [0.4, 0.5) is 0 Å². The molecule has 15 heavy (non-hydrogen) atoms. The van der Waals surface area contributed by atoms with Gasteiger partial charge in [-0.15, -0.1) is 0 Å². The zero-order chi connectivity index (χ0) is 11.5. The van der Waals surface area contributed by atoms with Crippen LogP contribution in [0, 0.1) is 3.57 Å². The number of carbonyl (C=O) groups is 1. The van der Waals surface area contributed by atoms with Crippen molar-refractivity contribution in [1.82, 2.24) is 5.32 Å². The standard InChI is InChI=1S/C11H15IN2O/c1-11(2,7-13)14-10(15)8-3-5-9(12)6-4-8/h3-6H,7,13H2,1-2H3,(H,14,15). The number of rotatable bonds is 3. The Morgan fingerprint density at radius 1 is 1.40 bits per heavy atom. The number of halogens is 1. The van der Waals surface area contributed by atoms with Crippen LogP contribution < -0.4 is 11.1 Å². The fourth-order valence-electron chi connectivity index (χ4n) is 1.03. The Morgan fingerprint density at radius 3 is 2.40 bits per heavy atom. The predicted octanol–water partition coefficient (Wildman–Crippen LogP) is 1.76. The Hall–Kier alpha value is -0.620. The fourth-order valence-corrected chi connectivity index (χ4v) is 1.39. The Balaban J connectivity index is 2.74. The minimum Gasteiger partial charge on any atom is -0.346 e. The number of benzene rings is 1. The summed E-state index contributed by atoms with van der Waals surface area (Å²) >= 11 is 2.20. The third-order valence-corrected chi connectivity index (χ3v) is 2.79. The van der Waals surface area contributed by atoms with Gasteiger partial charge < -0.3 is 11.1 Å². The zero-order valence-electron chi connectivity index (χ0n) is 8.88. The van der Waals surface area contributed by atoms with Gasteiger partial charge in [-0.05, 0) is 60.7 Å². The summed E-state index contributed by atoms with van der Waals surface area (Å²) < 4.78 is 1.11. The lowest BCUT2D eigenvalue weighted by Crippen LogP contribution is -2.48. The molecular formula is C11H15IN2O. The highest BCUT2D eigenvalue weighted by Crippen LogP contribution is 2.08. The van der Waals surface area contributed by atoms with Crippen LogP contribution in [0.5, 0.6) is 0 Å². The van der Waals surface area contributed by atoms with Gasteiger partial charge in [0.1, 0.15) is 0 Å². The summed E-state index contributed by atoms with van der Waals surface area (Å²) in [6.07, 6.45) is 0. The summed E-state index contributed by atoms with van der Waals surface area (Å²) in [5.74, 6) is -0.0816. The molecule has 0 saturated heterocycles. The van der Waals surface area contributed by atoms with Gasteiger partial charge >= 0.3 is 0 Å². The van der Waals surface area contributed by atoms with Gasteiger partial charge in [0, 0.05) is 21.2 Å². The summed E-state index contributed by atoms with van der Waals surface area (Å²) in [6.45, 7) is 4.22. The number of hydrogen-bond acceptors (Lipinski definition) is 2. The maximum absolute atomic E-state index is 11.8. The van der Waals surface area contributed by atoms with Crippen molar-refractivity contribution in [2.45, 2.75) is 19.4 Å². The molecule has 0 fully saturated rings. The van der Waals surface area contributed by atoms with Gasteiger partial charge in [0.2, 0.25) is 0 Å². The molecule has 0 aliphatic carbocycles. The van der Waals surface area contributed by atoms with Crippen molar-refractivity contribution in [3.05, 3.63) is 33.4 Å². The van der Waals surface area contributed by atoms with Crippen LogP contribution in [-0.4, -0.2) is 18.0 Å². The zero-order valence-corrected chi connectivity index (χ0v) is 11.0. The van der Waals surface area contributed by atoms with Crippen LogP contribution >= 0.6 is 22.6 Å². The molecule has 1 aromatic carbocycles. The summed E-state index contributed by atoms with van der Waals surface area (Å²) in [5, 5.41) is 2.88. The molecule has 3 N–H and O–H groups in total. The van der Waals surface area contributed by atoms with E-state index in [4.69, 9.17) is 5.73 Å². The molecule has 1 rings (SSSR count). The number of hydrogen-bond donors (Lipinski definition) is 2. The van der Waals surface area contributed by atoms with Crippen molar-refractivity contribution in [3.63, 3.8) is 0 Å². The second-order valence-corrected chi connectivity index (χ2v) is 5.29. The van der Waals surface area contributed by atoms with Crippen molar-refractivity contribution in [1.29, 1.82) is 0 Å². The van der Waals surface area contributed by atoms with Gasteiger partial charge in [-0.2, -0.15) is 0 Å². The highest BCUT2D eigenvalue weighted by molar-refractivity contribution is 14.1. The molecule has 0 bridgehead atoms. The van der Waals surface area contributed by atoms with Crippen LogP contribution in [0.25, 0.3) is 0 Å². The first kappa shape index (κ1) is 12.4. The average Bonchev–Trinajstić information content (AvgIpc) is 2.18. The van der Waals surface area contributed by atoms with E-state index in [1.54, 1.807) is 0 Å². The molecule has 0 aliphatic rings. The molecule has 0 atom stereocenters. The number of carbonyl (C=O) groups excluding carboxylic acids is 1. The lowest BCUT2D eigenvalue weighted by molar-refractivity contribution is 0.0915. The van der Waals surface area contributed by atoms with E-state index < -0.39 is 0 Å². The number of nitrogens with two attached hydrogens (primary N) is 1. The third kappa shape index (κ3) is 3.79. The molecule has 0 saturated carbocycles. The average molecular weight is 318 g/mol. The predicted molar refractivity (Wildman–Crippen MR) is 69.8 cm³/mol. The molecule has 0 aromatic heterocycles. The van der Waals surface area contributed by atoms with Crippen molar-refractivity contribution in [2.75, 3.05) is 6.54 Å². The van der Waals surface area contributed by atoms with Crippen LogP contribution in [0.2, 0.25) is 0 Å². The second-order valence-electron chi connectivity index (χ2n) is 4.05. The number of nitrogens with one attached hydrogen (secondary N) is 1. The van der Waals surface area contributed by atoms with Crippen LogP contribution in [0.3, 0.4) is 0 Å². The Morgan fingerprint density at radius 2 is 1.93 bits per heavy atom. The first-order chi connectivity index (χ1) is 6.94. The topological polar surface area (TPSA) is 55.1 Å². The molecule has 0 unspecified atom stereocenters. The molecular weight excluding hydrogens is 303 g/mol. The monoisotopic (exact) mass is 318 g/mol. The van der Waals surface area contributed by atoms with Crippen molar-refractivity contribution >= 4 is 28.5 Å². The second kappa shape index (κ2) is 4.94.